The zero-order chi connectivity index (χ0) is 10.7. The predicted octanol–water partition coefficient (Wildman–Crippen LogP) is 0.950. The van der Waals surface area contributed by atoms with Crippen LogP contribution < -0.4 is 5.32 Å². The van der Waals surface area contributed by atoms with Crippen LogP contribution in [-0.4, -0.2) is 48.0 Å². The van der Waals surface area contributed by atoms with Crippen molar-refractivity contribution in [2.75, 3.05) is 31.1 Å². The van der Waals surface area contributed by atoms with Crippen molar-refractivity contribution in [2.45, 2.75) is 25.8 Å². The fourth-order valence-corrected chi connectivity index (χ4v) is 3.69. The van der Waals surface area contributed by atoms with Gasteiger partial charge in [0.1, 0.15) is 0 Å². The third-order valence-electron chi connectivity index (χ3n) is 3.38. The maximum Gasteiger partial charge on any atom is 0.227 e. The average Bonchev–Trinajstić information content (AvgIpc) is 2.91. The lowest BCUT2D eigenvalue weighted by molar-refractivity contribution is -0.136. The van der Waals surface area contributed by atoms with Crippen molar-refractivity contribution in [2.24, 2.45) is 5.92 Å². The van der Waals surface area contributed by atoms with Gasteiger partial charge in [-0.15, -0.1) is 0 Å². The largest absolute Gasteiger partial charge is 0.339 e. The molecule has 2 aliphatic heterocycles. The molecule has 0 aliphatic carbocycles. The van der Waals surface area contributed by atoms with Gasteiger partial charge in [0.05, 0.1) is 5.92 Å². The molecule has 2 rings (SSSR count). The van der Waals surface area contributed by atoms with Crippen molar-refractivity contribution in [3.8, 4) is 0 Å². The molecule has 1 amide bonds. The van der Waals surface area contributed by atoms with E-state index >= 15 is 0 Å². The summed E-state index contributed by atoms with van der Waals surface area (Å²) in [6.45, 7) is 4.87. The van der Waals surface area contributed by atoms with Crippen molar-refractivity contribution in [3.05, 3.63) is 0 Å². The van der Waals surface area contributed by atoms with Gasteiger partial charge in [-0.2, -0.15) is 11.8 Å². The first-order valence-electron chi connectivity index (χ1n) is 5.92. The Kier molecular flexibility index (Phi) is 3.92. The van der Waals surface area contributed by atoms with Gasteiger partial charge in [0.25, 0.3) is 0 Å². The number of carbonyl (C=O) groups is 1. The summed E-state index contributed by atoms with van der Waals surface area (Å²) in [5.41, 5.74) is 0. The molecule has 0 aromatic rings. The molecule has 0 bridgehead atoms. The Morgan fingerprint density at radius 2 is 2.40 bits per heavy atom. The Morgan fingerprint density at radius 1 is 1.53 bits per heavy atom. The molecule has 0 unspecified atom stereocenters. The van der Waals surface area contributed by atoms with E-state index in [-0.39, 0.29) is 5.92 Å². The van der Waals surface area contributed by atoms with E-state index in [4.69, 9.17) is 0 Å². The maximum atomic E-state index is 12.2. The molecule has 86 valence electrons. The van der Waals surface area contributed by atoms with Crippen LogP contribution in [0, 0.1) is 5.92 Å². The van der Waals surface area contributed by atoms with Gasteiger partial charge >= 0.3 is 0 Å². The molecule has 1 N–H and O–H groups in total. The van der Waals surface area contributed by atoms with Crippen LogP contribution in [0.3, 0.4) is 0 Å². The molecule has 0 spiro atoms. The van der Waals surface area contributed by atoms with E-state index in [0.29, 0.717) is 11.9 Å². The van der Waals surface area contributed by atoms with E-state index in [1.165, 1.54) is 12.2 Å². The number of amides is 1. The summed E-state index contributed by atoms with van der Waals surface area (Å²) in [7, 11) is 0. The number of thioether (sulfide) groups is 1. The van der Waals surface area contributed by atoms with E-state index in [1.54, 1.807) is 0 Å². The fourth-order valence-electron chi connectivity index (χ4n) is 2.46. The molecule has 2 aliphatic rings. The van der Waals surface area contributed by atoms with Gasteiger partial charge in [0, 0.05) is 24.9 Å². The SMILES string of the molecule is CCN(C(=O)[C@H]1CCNC1)[C@H]1CCSC1. The van der Waals surface area contributed by atoms with Crippen molar-refractivity contribution in [3.63, 3.8) is 0 Å². The van der Waals surface area contributed by atoms with Crippen LogP contribution in [0.5, 0.6) is 0 Å². The second kappa shape index (κ2) is 5.21. The van der Waals surface area contributed by atoms with Crippen LogP contribution in [0.4, 0.5) is 0 Å². The highest BCUT2D eigenvalue weighted by molar-refractivity contribution is 7.99. The second-order valence-corrected chi connectivity index (χ2v) is 5.48. The first-order chi connectivity index (χ1) is 7.33. The zero-order valence-electron chi connectivity index (χ0n) is 9.37. The second-order valence-electron chi connectivity index (χ2n) is 4.33. The molecular weight excluding hydrogens is 208 g/mol. The Hall–Kier alpha value is -0.220. The lowest BCUT2D eigenvalue weighted by Crippen LogP contribution is -2.44. The van der Waals surface area contributed by atoms with Gasteiger partial charge in [-0.25, -0.2) is 0 Å². The molecule has 0 aromatic heterocycles. The van der Waals surface area contributed by atoms with Crippen LogP contribution in [0.2, 0.25) is 0 Å². The van der Waals surface area contributed by atoms with Crippen molar-refractivity contribution in [1.29, 1.82) is 0 Å². The van der Waals surface area contributed by atoms with Crippen LogP contribution in [0.1, 0.15) is 19.8 Å². The predicted molar refractivity (Wildman–Crippen MR) is 64.1 cm³/mol. The minimum absolute atomic E-state index is 0.246. The minimum Gasteiger partial charge on any atom is -0.339 e. The smallest absolute Gasteiger partial charge is 0.227 e. The summed E-state index contributed by atoms with van der Waals surface area (Å²) in [5, 5.41) is 3.27. The van der Waals surface area contributed by atoms with Crippen molar-refractivity contribution in [1.82, 2.24) is 10.2 Å². The highest BCUT2D eigenvalue weighted by atomic mass is 32.2. The van der Waals surface area contributed by atoms with E-state index in [0.717, 1.165) is 31.8 Å². The van der Waals surface area contributed by atoms with Gasteiger partial charge in [-0.05, 0) is 32.1 Å². The van der Waals surface area contributed by atoms with E-state index in [1.807, 2.05) is 11.8 Å². The fraction of sp³-hybridized carbons (Fsp3) is 0.909. The summed E-state index contributed by atoms with van der Waals surface area (Å²) in [5.74, 6) is 2.99. The topological polar surface area (TPSA) is 32.3 Å². The molecule has 3 nitrogen and oxygen atoms in total. The Morgan fingerprint density at radius 3 is 2.93 bits per heavy atom. The molecule has 0 radical (unpaired) electrons. The molecule has 2 fully saturated rings. The quantitative estimate of drug-likeness (QED) is 0.780. The number of rotatable bonds is 3. The monoisotopic (exact) mass is 228 g/mol. The standard InChI is InChI=1S/C11H20N2OS/c1-2-13(10-4-6-15-8-10)11(14)9-3-5-12-7-9/h9-10,12H,2-8H2,1H3/t9-,10-/m0/s1. The Labute approximate surface area is 96.0 Å². The van der Waals surface area contributed by atoms with Gasteiger partial charge in [0.2, 0.25) is 5.91 Å². The van der Waals surface area contributed by atoms with Gasteiger partial charge in [0.15, 0.2) is 0 Å². The van der Waals surface area contributed by atoms with Gasteiger partial charge in [-0.1, -0.05) is 0 Å². The molecule has 0 aromatic carbocycles. The summed E-state index contributed by atoms with van der Waals surface area (Å²) in [6.07, 6.45) is 2.21. The molecule has 0 saturated carbocycles. The number of nitrogens with zero attached hydrogens (tertiary/aromatic N) is 1. The van der Waals surface area contributed by atoms with Crippen LogP contribution in [-0.2, 0) is 4.79 Å². The Balaban J connectivity index is 1.95. The summed E-state index contributed by atoms with van der Waals surface area (Å²) >= 11 is 1.98. The van der Waals surface area contributed by atoms with Crippen molar-refractivity contribution >= 4 is 17.7 Å². The molecular formula is C11H20N2OS. The molecule has 2 saturated heterocycles. The first-order valence-corrected chi connectivity index (χ1v) is 7.07. The molecule has 2 atom stereocenters. The zero-order valence-corrected chi connectivity index (χ0v) is 10.2. The third kappa shape index (κ3) is 2.48. The summed E-state index contributed by atoms with van der Waals surface area (Å²) < 4.78 is 0. The molecule has 2 heterocycles. The van der Waals surface area contributed by atoms with Gasteiger partial charge in [-0.3, -0.25) is 4.79 Å². The average molecular weight is 228 g/mol. The van der Waals surface area contributed by atoms with Crippen LogP contribution in [0.25, 0.3) is 0 Å². The number of nitrogens with one attached hydrogen (secondary N) is 1. The normalized spacial score (nSPS) is 30.7. The molecule has 4 heteroatoms. The summed E-state index contributed by atoms with van der Waals surface area (Å²) in [4.78, 5) is 14.3. The maximum absolute atomic E-state index is 12.2. The van der Waals surface area contributed by atoms with E-state index in [9.17, 15) is 4.79 Å². The Bertz CT molecular complexity index is 223. The number of hydrogen-bond donors (Lipinski definition) is 1. The van der Waals surface area contributed by atoms with E-state index < -0.39 is 0 Å². The van der Waals surface area contributed by atoms with Crippen molar-refractivity contribution < 1.29 is 4.79 Å². The first kappa shape index (κ1) is 11.3. The third-order valence-corrected chi connectivity index (χ3v) is 4.52. The highest BCUT2D eigenvalue weighted by Gasteiger charge is 2.31. The lowest BCUT2D eigenvalue weighted by atomic mass is 10.1. The number of hydrogen-bond acceptors (Lipinski definition) is 3. The highest BCUT2D eigenvalue weighted by Crippen LogP contribution is 2.24. The lowest BCUT2D eigenvalue weighted by Gasteiger charge is -2.29. The van der Waals surface area contributed by atoms with Crippen LogP contribution >= 0.6 is 11.8 Å². The minimum atomic E-state index is 0.246. The van der Waals surface area contributed by atoms with Crippen LogP contribution in [0.15, 0.2) is 0 Å². The number of carbonyl (C=O) groups excluding carboxylic acids is 1. The molecule has 15 heavy (non-hydrogen) atoms. The van der Waals surface area contributed by atoms with Gasteiger partial charge < -0.3 is 10.2 Å². The van der Waals surface area contributed by atoms with E-state index in [2.05, 4.69) is 17.1 Å². The summed E-state index contributed by atoms with van der Waals surface area (Å²) in [6, 6.07) is 0.507.